The third kappa shape index (κ3) is 4.60. The lowest BCUT2D eigenvalue weighted by molar-refractivity contribution is 0.0518. The number of carbonyl (C=O) groups is 1. The minimum Gasteiger partial charge on any atom is -0.313 e. The zero-order chi connectivity index (χ0) is 19.2. The number of hydrogen-bond donors (Lipinski definition) is 0. The molecule has 27 heavy (non-hydrogen) atoms. The van der Waals surface area contributed by atoms with Crippen molar-refractivity contribution in [3.8, 4) is 5.69 Å². The highest BCUT2D eigenvalue weighted by Gasteiger charge is 2.19. The Balaban J connectivity index is 1.79. The Morgan fingerprint density at radius 3 is 2.59 bits per heavy atom. The van der Waals surface area contributed by atoms with Crippen LogP contribution in [0, 0.1) is 5.82 Å². The molecule has 0 saturated carbocycles. The van der Waals surface area contributed by atoms with Crippen LogP contribution in [-0.4, -0.2) is 22.0 Å². The summed E-state index contributed by atoms with van der Waals surface area (Å²) in [4.78, 5) is 17.4. The van der Waals surface area contributed by atoms with E-state index in [0.717, 1.165) is 17.8 Å². The summed E-state index contributed by atoms with van der Waals surface area (Å²) in [6.07, 6.45) is 4.29. The number of carbonyl (C=O) groups excluding carboxylic acids is 1. The van der Waals surface area contributed by atoms with E-state index in [1.807, 2.05) is 19.1 Å². The van der Waals surface area contributed by atoms with Gasteiger partial charge < -0.3 is 4.84 Å². The number of oxime groups is 1. The van der Waals surface area contributed by atoms with Gasteiger partial charge in [0, 0.05) is 5.02 Å². The molecule has 3 aromatic rings. The van der Waals surface area contributed by atoms with Crippen LogP contribution in [0.1, 0.15) is 35.0 Å². The van der Waals surface area contributed by atoms with Crippen LogP contribution in [0.3, 0.4) is 0 Å². The van der Waals surface area contributed by atoms with Crippen molar-refractivity contribution in [2.45, 2.75) is 19.8 Å². The van der Waals surface area contributed by atoms with Gasteiger partial charge in [0.2, 0.25) is 0 Å². The summed E-state index contributed by atoms with van der Waals surface area (Å²) in [6.45, 7) is 2.01. The van der Waals surface area contributed by atoms with Crippen LogP contribution in [0.4, 0.5) is 4.39 Å². The van der Waals surface area contributed by atoms with Crippen LogP contribution in [0.15, 0.2) is 59.9 Å². The van der Waals surface area contributed by atoms with Crippen molar-refractivity contribution in [1.29, 1.82) is 0 Å². The minimum atomic E-state index is -0.600. The molecule has 0 fully saturated rings. The monoisotopic (exact) mass is 385 g/mol. The summed E-state index contributed by atoms with van der Waals surface area (Å²) >= 11 is 5.93. The summed E-state index contributed by atoms with van der Waals surface area (Å²) in [5.74, 6) is -0.944. The van der Waals surface area contributed by atoms with E-state index in [9.17, 15) is 9.18 Å². The van der Waals surface area contributed by atoms with Crippen molar-refractivity contribution in [3.63, 3.8) is 0 Å². The predicted octanol–water partition coefficient (Wildman–Crippen LogP) is 4.81. The first-order valence-corrected chi connectivity index (χ1v) is 8.79. The number of benzene rings is 2. The molecule has 0 bridgehead atoms. The normalized spacial score (nSPS) is 11.1. The van der Waals surface area contributed by atoms with Gasteiger partial charge in [-0.2, -0.15) is 5.10 Å². The highest BCUT2D eigenvalue weighted by atomic mass is 35.5. The van der Waals surface area contributed by atoms with Gasteiger partial charge in [0.05, 0.1) is 23.8 Å². The van der Waals surface area contributed by atoms with Crippen LogP contribution >= 0.6 is 11.6 Å². The molecular formula is C20H17ClFN3O2. The Hall–Kier alpha value is -2.99. The van der Waals surface area contributed by atoms with Gasteiger partial charge in [-0.25, -0.2) is 13.9 Å². The van der Waals surface area contributed by atoms with Crippen LogP contribution < -0.4 is 0 Å². The first-order valence-electron chi connectivity index (χ1n) is 8.41. The van der Waals surface area contributed by atoms with Gasteiger partial charge in [-0.1, -0.05) is 42.2 Å². The van der Waals surface area contributed by atoms with E-state index in [1.165, 1.54) is 36.7 Å². The molecule has 0 radical (unpaired) electrons. The summed E-state index contributed by atoms with van der Waals surface area (Å²) in [5, 5.41) is 8.62. The van der Waals surface area contributed by atoms with E-state index < -0.39 is 5.97 Å². The van der Waals surface area contributed by atoms with Crippen molar-refractivity contribution in [3.05, 3.63) is 82.4 Å². The first-order chi connectivity index (χ1) is 13.1. The average Bonchev–Trinajstić information content (AvgIpc) is 3.08. The highest BCUT2D eigenvalue weighted by molar-refractivity contribution is 6.30. The number of rotatable bonds is 6. The second kappa shape index (κ2) is 8.60. The van der Waals surface area contributed by atoms with Crippen LogP contribution in [0.25, 0.3) is 5.69 Å². The molecule has 5 nitrogen and oxygen atoms in total. The number of halogens is 2. The molecule has 0 aliphatic rings. The predicted molar refractivity (Wildman–Crippen MR) is 102 cm³/mol. The molecule has 1 aromatic heterocycles. The van der Waals surface area contributed by atoms with E-state index in [4.69, 9.17) is 16.4 Å². The fourth-order valence-corrected chi connectivity index (χ4v) is 2.69. The fraction of sp³-hybridized carbons (Fsp3) is 0.150. The first kappa shape index (κ1) is 18.8. The summed E-state index contributed by atoms with van der Waals surface area (Å²) in [7, 11) is 0. The highest BCUT2D eigenvalue weighted by Crippen LogP contribution is 2.19. The molecular weight excluding hydrogens is 369 g/mol. The second-order valence-corrected chi connectivity index (χ2v) is 6.24. The molecule has 3 rings (SSSR count). The van der Waals surface area contributed by atoms with Crippen LogP contribution in [0.2, 0.25) is 5.02 Å². The molecule has 138 valence electrons. The Morgan fingerprint density at radius 1 is 1.22 bits per heavy atom. The van der Waals surface area contributed by atoms with E-state index in [1.54, 1.807) is 16.8 Å². The quantitative estimate of drug-likeness (QED) is 0.347. The maximum absolute atomic E-state index is 12.9. The lowest BCUT2D eigenvalue weighted by atomic mass is 10.1. The van der Waals surface area contributed by atoms with Crippen molar-refractivity contribution >= 4 is 23.8 Å². The molecule has 0 saturated heterocycles. The smallest absolute Gasteiger partial charge is 0.313 e. The maximum Gasteiger partial charge on any atom is 0.369 e. The molecule has 0 aliphatic heterocycles. The Labute approximate surface area is 161 Å². The zero-order valence-corrected chi connectivity index (χ0v) is 15.4. The largest absolute Gasteiger partial charge is 0.369 e. The third-order valence-corrected chi connectivity index (χ3v) is 4.11. The molecule has 0 unspecified atom stereocenters. The van der Waals surface area contributed by atoms with Gasteiger partial charge in [0.15, 0.2) is 0 Å². The van der Waals surface area contributed by atoms with E-state index in [0.29, 0.717) is 22.6 Å². The molecule has 7 heteroatoms. The van der Waals surface area contributed by atoms with E-state index in [2.05, 4.69) is 10.3 Å². The topological polar surface area (TPSA) is 56.5 Å². The molecule has 1 heterocycles. The summed E-state index contributed by atoms with van der Waals surface area (Å²) in [6, 6.07) is 12.9. The van der Waals surface area contributed by atoms with Crippen molar-refractivity contribution in [2.24, 2.45) is 5.16 Å². The van der Waals surface area contributed by atoms with Crippen molar-refractivity contribution < 1.29 is 14.0 Å². The third-order valence-electron chi connectivity index (χ3n) is 3.85. The van der Waals surface area contributed by atoms with Gasteiger partial charge in [0.1, 0.15) is 11.4 Å². The van der Waals surface area contributed by atoms with Crippen LogP contribution in [-0.2, 0) is 11.3 Å². The summed E-state index contributed by atoms with van der Waals surface area (Å²) in [5.41, 5.74) is 2.51. The van der Waals surface area contributed by atoms with Gasteiger partial charge in [-0.05, 0) is 48.4 Å². The van der Waals surface area contributed by atoms with Crippen molar-refractivity contribution in [2.75, 3.05) is 0 Å². The molecule has 0 aliphatic carbocycles. The standard InChI is InChI=1S/C20H17ClFN3O2/c1-2-3-19-18(13-23-25(19)17-10-6-15(21)7-11-17)20(26)27-24-12-14-4-8-16(22)9-5-14/h4-13H,2-3H2,1H3/b24-12-. The molecule has 0 spiro atoms. The van der Waals surface area contributed by atoms with Gasteiger partial charge >= 0.3 is 5.97 Å². The summed E-state index contributed by atoms with van der Waals surface area (Å²) < 4.78 is 14.6. The van der Waals surface area contributed by atoms with Crippen LogP contribution in [0.5, 0.6) is 0 Å². The minimum absolute atomic E-state index is 0.344. The molecule has 2 aromatic carbocycles. The van der Waals surface area contributed by atoms with Gasteiger partial charge in [0.25, 0.3) is 0 Å². The SMILES string of the molecule is CCCc1c(C(=O)O/N=C\c2ccc(F)cc2)cnn1-c1ccc(Cl)cc1. The second-order valence-electron chi connectivity index (χ2n) is 5.81. The number of hydrogen-bond acceptors (Lipinski definition) is 4. The van der Waals surface area contributed by atoms with Crippen molar-refractivity contribution in [1.82, 2.24) is 9.78 Å². The average molecular weight is 386 g/mol. The maximum atomic E-state index is 12.9. The lowest BCUT2D eigenvalue weighted by Gasteiger charge is -2.08. The molecule has 0 N–H and O–H groups in total. The molecule has 0 amide bonds. The van der Waals surface area contributed by atoms with Gasteiger partial charge in [-0.15, -0.1) is 0 Å². The number of nitrogens with zero attached hydrogens (tertiary/aromatic N) is 3. The zero-order valence-electron chi connectivity index (χ0n) is 14.6. The molecule has 0 atom stereocenters. The number of aromatic nitrogens is 2. The Kier molecular flexibility index (Phi) is 5.98. The van der Waals surface area contributed by atoms with E-state index >= 15 is 0 Å². The fourth-order valence-electron chi connectivity index (χ4n) is 2.56. The lowest BCUT2D eigenvalue weighted by Crippen LogP contribution is -2.08. The van der Waals surface area contributed by atoms with Gasteiger partial charge in [-0.3, -0.25) is 0 Å². The Bertz CT molecular complexity index is 950. The van der Waals surface area contributed by atoms with E-state index in [-0.39, 0.29) is 5.82 Å². The Morgan fingerprint density at radius 2 is 1.93 bits per heavy atom.